The second-order valence-electron chi connectivity index (χ2n) is 7.49. The Morgan fingerprint density at radius 3 is 2.45 bits per heavy atom. The topological polar surface area (TPSA) is 26.8 Å². The van der Waals surface area contributed by atoms with Crippen molar-refractivity contribution in [2.24, 2.45) is 0 Å². The van der Waals surface area contributed by atoms with Crippen molar-refractivity contribution in [3.63, 3.8) is 0 Å². The van der Waals surface area contributed by atoms with E-state index in [1.54, 1.807) is 11.8 Å². The Labute approximate surface area is 182 Å². The molecule has 0 bridgehead atoms. The predicted octanol–water partition coefficient (Wildman–Crippen LogP) is 4.60. The average molecular weight is 428 g/mol. The summed E-state index contributed by atoms with van der Waals surface area (Å²) >= 11 is 7.69. The van der Waals surface area contributed by atoms with Gasteiger partial charge in [0, 0.05) is 49.1 Å². The normalized spacial score (nSPS) is 20.2. The highest BCUT2D eigenvalue weighted by atomic mass is 35.5. The van der Waals surface area contributed by atoms with Crippen molar-refractivity contribution in [2.75, 3.05) is 55.3 Å². The highest BCUT2D eigenvalue weighted by Crippen LogP contribution is 2.32. The van der Waals surface area contributed by atoms with Crippen molar-refractivity contribution >= 4 is 46.7 Å². The van der Waals surface area contributed by atoms with Gasteiger partial charge in [0.15, 0.2) is 0 Å². The molecule has 2 heterocycles. The number of piperazine rings is 1. The highest BCUT2D eigenvalue weighted by molar-refractivity contribution is 8.04. The molecule has 152 valence electrons. The summed E-state index contributed by atoms with van der Waals surface area (Å²) in [6.07, 6.45) is 3.05. The van der Waals surface area contributed by atoms with Crippen LogP contribution >= 0.6 is 23.4 Å². The van der Waals surface area contributed by atoms with E-state index < -0.39 is 0 Å². The number of thioether (sulfide) groups is 1. The van der Waals surface area contributed by atoms with Crippen LogP contribution in [-0.4, -0.2) is 56.3 Å². The molecule has 0 aromatic heterocycles. The van der Waals surface area contributed by atoms with Crippen LogP contribution in [0.3, 0.4) is 0 Å². The molecule has 2 fully saturated rings. The molecule has 0 unspecified atom stereocenters. The lowest BCUT2D eigenvalue weighted by Crippen LogP contribution is -2.44. The zero-order valence-electron chi connectivity index (χ0n) is 16.7. The standard InChI is InChI=1S/C23H26ClN3OS/c1-25-12-14-26(15-13-25)21-6-3-2-5-18(21)17-22-23(28)27(11-4-16-29-22)20-9-7-19(24)8-10-20/h2-3,5-10,17H,4,11-16H2,1H3. The SMILES string of the molecule is CN1CCN(c2ccccc2C=C2SCCCN(c3ccc(Cl)cc3)C2=O)CC1. The molecule has 2 aromatic rings. The molecule has 0 aliphatic carbocycles. The summed E-state index contributed by atoms with van der Waals surface area (Å²) in [6, 6.07) is 15.9. The van der Waals surface area contributed by atoms with E-state index in [4.69, 9.17) is 11.6 Å². The summed E-state index contributed by atoms with van der Waals surface area (Å²) in [5.74, 6) is 1.02. The average Bonchev–Trinajstić information content (AvgIpc) is 2.92. The molecule has 29 heavy (non-hydrogen) atoms. The van der Waals surface area contributed by atoms with Crippen LogP contribution in [0.2, 0.25) is 5.02 Å². The number of anilines is 2. The van der Waals surface area contributed by atoms with E-state index in [2.05, 4.69) is 47.2 Å². The third-order valence-corrected chi connectivity index (χ3v) is 6.79. The largest absolute Gasteiger partial charge is 0.368 e. The zero-order valence-corrected chi connectivity index (χ0v) is 18.3. The number of rotatable bonds is 3. The fraction of sp³-hybridized carbons (Fsp3) is 0.348. The summed E-state index contributed by atoms with van der Waals surface area (Å²) in [7, 11) is 2.16. The minimum Gasteiger partial charge on any atom is -0.368 e. The second-order valence-corrected chi connectivity index (χ2v) is 9.07. The van der Waals surface area contributed by atoms with E-state index in [1.165, 1.54) is 5.69 Å². The third kappa shape index (κ3) is 4.80. The van der Waals surface area contributed by atoms with Gasteiger partial charge in [-0.3, -0.25) is 4.79 Å². The highest BCUT2D eigenvalue weighted by Gasteiger charge is 2.24. The van der Waals surface area contributed by atoms with Crippen LogP contribution in [0.1, 0.15) is 12.0 Å². The number of amides is 1. The lowest BCUT2D eigenvalue weighted by Gasteiger charge is -2.35. The minimum absolute atomic E-state index is 0.0722. The van der Waals surface area contributed by atoms with Gasteiger partial charge in [-0.05, 0) is 61.2 Å². The van der Waals surface area contributed by atoms with Gasteiger partial charge in [-0.1, -0.05) is 29.8 Å². The maximum Gasteiger partial charge on any atom is 0.264 e. The van der Waals surface area contributed by atoms with Crippen LogP contribution < -0.4 is 9.80 Å². The van der Waals surface area contributed by atoms with Gasteiger partial charge >= 0.3 is 0 Å². The van der Waals surface area contributed by atoms with Gasteiger partial charge in [0.25, 0.3) is 5.91 Å². The Bertz CT molecular complexity index is 891. The monoisotopic (exact) mass is 427 g/mol. The van der Waals surface area contributed by atoms with E-state index in [0.29, 0.717) is 5.02 Å². The summed E-state index contributed by atoms with van der Waals surface area (Å²) in [4.78, 5) is 20.8. The molecule has 4 nitrogen and oxygen atoms in total. The Morgan fingerprint density at radius 1 is 0.966 bits per heavy atom. The summed E-state index contributed by atoms with van der Waals surface area (Å²) < 4.78 is 0. The quantitative estimate of drug-likeness (QED) is 0.668. The van der Waals surface area contributed by atoms with E-state index in [0.717, 1.165) is 61.1 Å². The first-order valence-electron chi connectivity index (χ1n) is 10.1. The van der Waals surface area contributed by atoms with Gasteiger partial charge in [0.1, 0.15) is 0 Å². The molecule has 0 N–H and O–H groups in total. The lowest BCUT2D eigenvalue weighted by molar-refractivity contribution is -0.114. The maximum atomic E-state index is 13.3. The van der Waals surface area contributed by atoms with Gasteiger partial charge < -0.3 is 14.7 Å². The molecule has 2 aliphatic rings. The van der Waals surface area contributed by atoms with Crippen molar-refractivity contribution in [3.8, 4) is 0 Å². The van der Waals surface area contributed by atoms with Crippen LogP contribution in [-0.2, 0) is 4.79 Å². The second kappa shape index (κ2) is 9.24. The van der Waals surface area contributed by atoms with Crippen LogP contribution in [0, 0.1) is 0 Å². The minimum atomic E-state index is 0.0722. The number of carbonyl (C=O) groups excluding carboxylic acids is 1. The number of hydrogen-bond donors (Lipinski definition) is 0. The number of benzene rings is 2. The number of nitrogens with zero attached hydrogens (tertiary/aromatic N) is 3. The molecule has 4 rings (SSSR count). The van der Waals surface area contributed by atoms with Crippen LogP contribution in [0.4, 0.5) is 11.4 Å². The molecular weight excluding hydrogens is 402 g/mol. The first kappa shape index (κ1) is 20.3. The maximum absolute atomic E-state index is 13.3. The molecular formula is C23H26ClN3OS. The predicted molar refractivity (Wildman–Crippen MR) is 125 cm³/mol. The fourth-order valence-corrected chi connectivity index (χ4v) is 4.82. The Balaban J connectivity index is 1.63. The molecule has 0 radical (unpaired) electrons. The summed E-state index contributed by atoms with van der Waals surface area (Å²) in [6.45, 7) is 4.86. The van der Waals surface area contributed by atoms with E-state index >= 15 is 0 Å². The van der Waals surface area contributed by atoms with Gasteiger partial charge in [0.05, 0.1) is 4.91 Å². The zero-order chi connectivity index (χ0) is 20.2. The van der Waals surface area contributed by atoms with Crippen LogP contribution in [0.25, 0.3) is 6.08 Å². The molecule has 0 spiro atoms. The van der Waals surface area contributed by atoms with Gasteiger partial charge in [0.2, 0.25) is 0 Å². The van der Waals surface area contributed by atoms with E-state index in [9.17, 15) is 4.79 Å². The van der Waals surface area contributed by atoms with Crippen molar-refractivity contribution in [2.45, 2.75) is 6.42 Å². The first-order chi connectivity index (χ1) is 14.1. The Hall–Kier alpha value is -1.95. The number of likely N-dealkylation sites (N-methyl/N-ethyl adjacent to an activating group) is 1. The number of carbonyl (C=O) groups is 1. The molecule has 2 saturated heterocycles. The molecule has 1 amide bonds. The number of hydrogen-bond acceptors (Lipinski definition) is 4. The molecule has 0 saturated carbocycles. The Kier molecular flexibility index (Phi) is 6.48. The fourth-order valence-electron chi connectivity index (χ4n) is 3.76. The van der Waals surface area contributed by atoms with E-state index in [1.807, 2.05) is 29.2 Å². The third-order valence-electron chi connectivity index (χ3n) is 5.45. The summed E-state index contributed by atoms with van der Waals surface area (Å²) in [5, 5.41) is 0.683. The van der Waals surface area contributed by atoms with Gasteiger partial charge in [-0.15, -0.1) is 11.8 Å². The van der Waals surface area contributed by atoms with Crippen molar-refractivity contribution in [1.82, 2.24) is 4.90 Å². The molecule has 6 heteroatoms. The van der Waals surface area contributed by atoms with Crippen LogP contribution in [0.5, 0.6) is 0 Å². The Morgan fingerprint density at radius 2 is 1.69 bits per heavy atom. The molecule has 2 aromatic carbocycles. The first-order valence-corrected chi connectivity index (χ1v) is 11.4. The smallest absolute Gasteiger partial charge is 0.264 e. The lowest BCUT2D eigenvalue weighted by atomic mass is 10.1. The van der Waals surface area contributed by atoms with Crippen molar-refractivity contribution in [3.05, 3.63) is 64.0 Å². The number of halogens is 1. The molecule has 2 aliphatic heterocycles. The van der Waals surface area contributed by atoms with Crippen molar-refractivity contribution < 1.29 is 4.79 Å². The summed E-state index contributed by atoms with van der Waals surface area (Å²) in [5.41, 5.74) is 3.23. The van der Waals surface area contributed by atoms with Gasteiger partial charge in [-0.2, -0.15) is 0 Å². The van der Waals surface area contributed by atoms with Crippen molar-refractivity contribution in [1.29, 1.82) is 0 Å². The molecule has 0 atom stereocenters. The van der Waals surface area contributed by atoms with Crippen LogP contribution in [0.15, 0.2) is 53.4 Å². The number of para-hydroxylation sites is 1. The van der Waals surface area contributed by atoms with E-state index in [-0.39, 0.29) is 5.91 Å². The van der Waals surface area contributed by atoms with Gasteiger partial charge in [-0.25, -0.2) is 0 Å².